The summed E-state index contributed by atoms with van der Waals surface area (Å²) < 4.78 is 7.83. The van der Waals surface area contributed by atoms with Crippen LogP contribution in [0.2, 0.25) is 0 Å². The highest BCUT2D eigenvalue weighted by Crippen LogP contribution is 2.33. The van der Waals surface area contributed by atoms with E-state index in [1.807, 2.05) is 29.8 Å². The summed E-state index contributed by atoms with van der Waals surface area (Å²) in [5.41, 5.74) is 4.36. The van der Waals surface area contributed by atoms with Crippen molar-refractivity contribution in [2.24, 2.45) is 0 Å². The molecule has 1 atom stereocenters. The Hall–Kier alpha value is -1.81. The molecule has 0 fully saturated rings. The number of aliphatic hydroxyl groups is 1. The average molecular weight is 272 g/mol. The van der Waals surface area contributed by atoms with Gasteiger partial charge < -0.3 is 9.84 Å². The van der Waals surface area contributed by atoms with Crippen molar-refractivity contribution in [2.75, 3.05) is 0 Å². The Morgan fingerprint density at radius 1 is 1.40 bits per heavy atom. The predicted octanol–water partition coefficient (Wildman–Crippen LogP) is 2.77. The van der Waals surface area contributed by atoms with Crippen molar-refractivity contribution in [3.8, 4) is 5.75 Å². The van der Waals surface area contributed by atoms with Crippen LogP contribution in [0.4, 0.5) is 0 Å². The van der Waals surface area contributed by atoms with Crippen molar-refractivity contribution in [1.82, 2.24) is 9.78 Å². The quantitative estimate of drug-likeness (QED) is 0.931. The number of nitrogens with zero attached hydrogens (tertiary/aromatic N) is 2. The molecule has 1 aliphatic rings. The van der Waals surface area contributed by atoms with E-state index in [1.54, 1.807) is 0 Å². The van der Waals surface area contributed by atoms with E-state index >= 15 is 0 Å². The molecule has 0 radical (unpaired) electrons. The Morgan fingerprint density at radius 3 is 3.05 bits per heavy atom. The minimum atomic E-state index is -0.303. The molecule has 0 amide bonds. The molecule has 1 aromatic carbocycles. The van der Waals surface area contributed by atoms with E-state index in [0.717, 1.165) is 42.1 Å². The maximum absolute atomic E-state index is 9.80. The third-order valence-corrected chi connectivity index (χ3v) is 3.83. The van der Waals surface area contributed by atoms with Crippen LogP contribution in [0.3, 0.4) is 0 Å². The van der Waals surface area contributed by atoms with E-state index in [4.69, 9.17) is 4.74 Å². The lowest BCUT2D eigenvalue weighted by Gasteiger charge is -2.10. The molecule has 0 spiro atoms. The number of aliphatic hydroxyl groups excluding tert-OH is 1. The summed E-state index contributed by atoms with van der Waals surface area (Å²) in [7, 11) is 0. The van der Waals surface area contributed by atoms with Crippen molar-refractivity contribution < 1.29 is 9.84 Å². The smallest absolute Gasteiger partial charge is 0.130 e. The van der Waals surface area contributed by atoms with E-state index < -0.39 is 0 Å². The SMILES string of the molecule is CCn1nc(C)cc1COc1ccc2c(c1)CC[C@H]2O. The van der Waals surface area contributed by atoms with Gasteiger partial charge in [-0.15, -0.1) is 0 Å². The standard InChI is InChI=1S/C16H20N2O2/c1-3-18-13(8-11(2)17-18)10-20-14-5-6-15-12(9-14)4-7-16(15)19/h5-6,8-9,16,19H,3-4,7,10H2,1-2H3/t16-/m1/s1. The second-order valence-electron chi connectivity index (χ2n) is 5.30. The number of hydrogen-bond acceptors (Lipinski definition) is 3. The van der Waals surface area contributed by atoms with Gasteiger partial charge in [-0.2, -0.15) is 5.10 Å². The van der Waals surface area contributed by atoms with Crippen molar-refractivity contribution in [3.63, 3.8) is 0 Å². The molecular weight excluding hydrogens is 252 g/mol. The normalized spacial score (nSPS) is 17.2. The molecule has 20 heavy (non-hydrogen) atoms. The molecule has 4 heteroatoms. The summed E-state index contributed by atoms with van der Waals surface area (Å²) in [5, 5.41) is 14.2. The van der Waals surface area contributed by atoms with Crippen LogP contribution in [-0.4, -0.2) is 14.9 Å². The summed E-state index contributed by atoms with van der Waals surface area (Å²) in [6.45, 7) is 5.44. The molecule has 1 aromatic heterocycles. The van der Waals surface area contributed by atoms with Crippen LogP contribution in [0, 0.1) is 6.92 Å². The number of fused-ring (bicyclic) bond motifs is 1. The zero-order valence-corrected chi connectivity index (χ0v) is 12.0. The van der Waals surface area contributed by atoms with Gasteiger partial charge in [-0.05, 0) is 56.0 Å². The van der Waals surface area contributed by atoms with Gasteiger partial charge >= 0.3 is 0 Å². The van der Waals surface area contributed by atoms with E-state index in [-0.39, 0.29) is 6.10 Å². The molecule has 0 bridgehead atoms. The number of ether oxygens (including phenoxy) is 1. The largest absolute Gasteiger partial charge is 0.487 e. The Morgan fingerprint density at radius 2 is 2.25 bits per heavy atom. The average Bonchev–Trinajstić information content (AvgIpc) is 2.99. The highest BCUT2D eigenvalue weighted by atomic mass is 16.5. The van der Waals surface area contributed by atoms with Crippen LogP contribution in [0.5, 0.6) is 5.75 Å². The lowest BCUT2D eigenvalue weighted by Crippen LogP contribution is -2.06. The first-order chi connectivity index (χ1) is 9.67. The molecule has 4 nitrogen and oxygen atoms in total. The van der Waals surface area contributed by atoms with Crippen LogP contribution >= 0.6 is 0 Å². The third-order valence-electron chi connectivity index (χ3n) is 3.83. The molecule has 0 saturated heterocycles. The van der Waals surface area contributed by atoms with Crippen LogP contribution in [-0.2, 0) is 19.6 Å². The Labute approximate surface area is 119 Å². The Balaban J connectivity index is 1.72. The second-order valence-corrected chi connectivity index (χ2v) is 5.30. The van der Waals surface area contributed by atoms with E-state index in [2.05, 4.69) is 18.1 Å². The summed E-state index contributed by atoms with van der Waals surface area (Å²) in [5.74, 6) is 0.861. The molecule has 0 saturated carbocycles. The summed E-state index contributed by atoms with van der Waals surface area (Å²) >= 11 is 0. The lowest BCUT2D eigenvalue weighted by atomic mass is 10.1. The van der Waals surface area contributed by atoms with Gasteiger partial charge in [-0.25, -0.2) is 0 Å². The van der Waals surface area contributed by atoms with E-state index in [9.17, 15) is 5.11 Å². The van der Waals surface area contributed by atoms with Crippen molar-refractivity contribution in [3.05, 3.63) is 46.8 Å². The second kappa shape index (κ2) is 5.29. The lowest BCUT2D eigenvalue weighted by molar-refractivity contribution is 0.180. The molecule has 0 aliphatic heterocycles. The summed E-state index contributed by atoms with van der Waals surface area (Å²) in [4.78, 5) is 0. The number of rotatable bonds is 4. The fourth-order valence-electron chi connectivity index (χ4n) is 2.81. The van der Waals surface area contributed by atoms with Gasteiger partial charge in [0.15, 0.2) is 0 Å². The van der Waals surface area contributed by atoms with Crippen molar-refractivity contribution >= 4 is 0 Å². The topological polar surface area (TPSA) is 47.3 Å². The Bertz CT molecular complexity index is 619. The molecular formula is C16H20N2O2. The minimum absolute atomic E-state index is 0.303. The summed E-state index contributed by atoms with van der Waals surface area (Å²) in [6.07, 6.45) is 1.45. The van der Waals surface area contributed by atoms with Gasteiger partial charge in [0.05, 0.1) is 17.5 Å². The molecule has 1 N–H and O–H groups in total. The van der Waals surface area contributed by atoms with Crippen molar-refractivity contribution in [2.45, 2.75) is 45.9 Å². The fraction of sp³-hybridized carbons (Fsp3) is 0.438. The first kappa shape index (κ1) is 13.2. The van der Waals surface area contributed by atoms with Crippen molar-refractivity contribution in [1.29, 1.82) is 0 Å². The fourth-order valence-corrected chi connectivity index (χ4v) is 2.81. The molecule has 1 aliphatic carbocycles. The van der Waals surface area contributed by atoms with Crippen LogP contribution < -0.4 is 4.74 Å². The van der Waals surface area contributed by atoms with Gasteiger partial charge in [-0.1, -0.05) is 6.07 Å². The highest BCUT2D eigenvalue weighted by Gasteiger charge is 2.20. The van der Waals surface area contributed by atoms with Gasteiger partial charge in [0.1, 0.15) is 12.4 Å². The molecule has 2 aromatic rings. The third kappa shape index (κ3) is 2.43. The number of aromatic nitrogens is 2. The molecule has 106 valence electrons. The predicted molar refractivity (Wildman–Crippen MR) is 76.7 cm³/mol. The first-order valence-corrected chi connectivity index (χ1v) is 7.14. The number of hydrogen-bond donors (Lipinski definition) is 1. The van der Waals surface area contributed by atoms with Crippen LogP contribution in [0.1, 0.15) is 42.0 Å². The van der Waals surface area contributed by atoms with Gasteiger partial charge in [0, 0.05) is 6.54 Å². The van der Waals surface area contributed by atoms with E-state index in [1.165, 1.54) is 5.56 Å². The number of benzene rings is 1. The maximum atomic E-state index is 9.80. The molecule has 0 unspecified atom stereocenters. The number of aryl methyl sites for hydroxylation is 3. The zero-order valence-electron chi connectivity index (χ0n) is 12.0. The Kier molecular flexibility index (Phi) is 3.49. The monoisotopic (exact) mass is 272 g/mol. The zero-order chi connectivity index (χ0) is 14.1. The van der Waals surface area contributed by atoms with E-state index in [0.29, 0.717) is 6.61 Å². The molecule has 1 heterocycles. The van der Waals surface area contributed by atoms with Crippen LogP contribution in [0.25, 0.3) is 0 Å². The first-order valence-electron chi connectivity index (χ1n) is 7.14. The minimum Gasteiger partial charge on any atom is -0.487 e. The van der Waals surface area contributed by atoms with Gasteiger partial charge in [0.2, 0.25) is 0 Å². The highest BCUT2D eigenvalue weighted by molar-refractivity contribution is 5.39. The van der Waals surface area contributed by atoms with Gasteiger partial charge in [0.25, 0.3) is 0 Å². The summed E-state index contributed by atoms with van der Waals surface area (Å²) in [6, 6.07) is 8.02. The van der Waals surface area contributed by atoms with Gasteiger partial charge in [-0.3, -0.25) is 4.68 Å². The molecule has 3 rings (SSSR count). The van der Waals surface area contributed by atoms with Crippen LogP contribution in [0.15, 0.2) is 24.3 Å². The maximum Gasteiger partial charge on any atom is 0.130 e.